The first-order chi connectivity index (χ1) is 11.8. The number of benzene rings is 2. The van der Waals surface area contributed by atoms with Crippen LogP contribution in [-0.2, 0) is 5.75 Å². The van der Waals surface area contributed by atoms with E-state index in [0.717, 1.165) is 30.6 Å². The molecule has 2 atom stereocenters. The summed E-state index contributed by atoms with van der Waals surface area (Å²) >= 11 is 1.78. The quantitative estimate of drug-likeness (QED) is 0.786. The molecular formula is C20H24N2OS. The summed E-state index contributed by atoms with van der Waals surface area (Å²) in [6, 6.07) is 18.5. The maximum atomic E-state index is 12.4. The van der Waals surface area contributed by atoms with Crippen molar-refractivity contribution in [2.24, 2.45) is 11.7 Å². The molecule has 0 spiro atoms. The summed E-state index contributed by atoms with van der Waals surface area (Å²) in [5.41, 5.74) is 7.81. The van der Waals surface area contributed by atoms with Gasteiger partial charge in [-0.3, -0.25) is 4.79 Å². The van der Waals surface area contributed by atoms with Gasteiger partial charge in [-0.2, -0.15) is 0 Å². The first kappa shape index (κ1) is 17.1. The first-order valence-electron chi connectivity index (χ1n) is 8.54. The summed E-state index contributed by atoms with van der Waals surface area (Å²) in [6.45, 7) is 0.653. The van der Waals surface area contributed by atoms with E-state index in [9.17, 15) is 4.79 Å². The van der Waals surface area contributed by atoms with Gasteiger partial charge in [-0.25, -0.2) is 0 Å². The van der Waals surface area contributed by atoms with Gasteiger partial charge in [0, 0.05) is 22.3 Å². The van der Waals surface area contributed by atoms with Crippen LogP contribution in [0, 0.1) is 5.92 Å². The van der Waals surface area contributed by atoms with E-state index in [-0.39, 0.29) is 11.9 Å². The number of rotatable bonds is 6. The van der Waals surface area contributed by atoms with Crippen LogP contribution >= 0.6 is 11.8 Å². The maximum Gasteiger partial charge on any atom is 0.251 e. The Morgan fingerprint density at radius 2 is 1.83 bits per heavy atom. The third-order valence-corrected chi connectivity index (χ3v) is 5.73. The summed E-state index contributed by atoms with van der Waals surface area (Å²) in [5, 5.41) is 3.15. The molecule has 1 aliphatic carbocycles. The molecule has 24 heavy (non-hydrogen) atoms. The minimum atomic E-state index is 0.0139. The van der Waals surface area contributed by atoms with E-state index in [2.05, 4.69) is 29.6 Å². The van der Waals surface area contributed by atoms with Crippen LogP contribution in [0.3, 0.4) is 0 Å². The van der Waals surface area contributed by atoms with Gasteiger partial charge in [0.2, 0.25) is 0 Å². The van der Waals surface area contributed by atoms with E-state index in [1.165, 1.54) is 10.5 Å². The van der Waals surface area contributed by atoms with Gasteiger partial charge in [-0.15, -0.1) is 11.8 Å². The third kappa shape index (κ3) is 4.40. The van der Waals surface area contributed by atoms with Crippen molar-refractivity contribution < 1.29 is 4.79 Å². The molecule has 3 rings (SSSR count). The van der Waals surface area contributed by atoms with Crippen LogP contribution in [0.5, 0.6) is 0 Å². The molecule has 1 fully saturated rings. The van der Waals surface area contributed by atoms with E-state index in [1.54, 1.807) is 11.8 Å². The fraction of sp³-hybridized carbons (Fsp3) is 0.350. The summed E-state index contributed by atoms with van der Waals surface area (Å²) in [6.07, 6.45) is 3.32. The predicted molar refractivity (Wildman–Crippen MR) is 100 cm³/mol. The van der Waals surface area contributed by atoms with E-state index >= 15 is 0 Å². The van der Waals surface area contributed by atoms with Crippen molar-refractivity contribution in [3.05, 3.63) is 65.7 Å². The first-order valence-corrected chi connectivity index (χ1v) is 9.52. The number of hydrogen-bond acceptors (Lipinski definition) is 3. The topological polar surface area (TPSA) is 55.1 Å². The smallest absolute Gasteiger partial charge is 0.251 e. The molecule has 2 aromatic rings. The van der Waals surface area contributed by atoms with Crippen molar-refractivity contribution in [1.82, 2.24) is 5.32 Å². The molecular weight excluding hydrogens is 316 g/mol. The molecule has 1 aliphatic rings. The molecule has 0 aliphatic heterocycles. The van der Waals surface area contributed by atoms with Crippen LogP contribution in [0.15, 0.2) is 59.5 Å². The molecule has 3 nitrogen and oxygen atoms in total. The summed E-state index contributed by atoms with van der Waals surface area (Å²) < 4.78 is 0. The molecule has 3 N–H and O–H groups in total. The van der Waals surface area contributed by atoms with E-state index in [1.807, 2.05) is 30.3 Å². The Labute approximate surface area is 148 Å². The highest BCUT2D eigenvalue weighted by atomic mass is 32.2. The van der Waals surface area contributed by atoms with Gasteiger partial charge >= 0.3 is 0 Å². The Hall–Kier alpha value is -1.78. The van der Waals surface area contributed by atoms with Crippen LogP contribution in [0.25, 0.3) is 0 Å². The standard InChI is InChI=1S/C20H24N2OS/c21-13-17-7-4-8-19(17)22-20(23)16-9-11-18(12-10-16)24-14-15-5-2-1-3-6-15/h1-3,5-6,9-12,17,19H,4,7-8,13-14,21H2,(H,22,23). The SMILES string of the molecule is NCC1CCCC1NC(=O)c1ccc(SCc2ccccc2)cc1. The zero-order valence-corrected chi connectivity index (χ0v) is 14.6. The van der Waals surface area contributed by atoms with Gasteiger partial charge in [0.05, 0.1) is 0 Å². The summed E-state index contributed by atoms with van der Waals surface area (Å²) in [7, 11) is 0. The van der Waals surface area contributed by atoms with Gasteiger partial charge in [0.25, 0.3) is 5.91 Å². The molecule has 2 aromatic carbocycles. The molecule has 0 heterocycles. The summed E-state index contributed by atoms with van der Waals surface area (Å²) in [5.74, 6) is 1.38. The van der Waals surface area contributed by atoms with Crippen molar-refractivity contribution in [3.63, 3.8) is 0 Å². The largest absolute Gasteiger partial charge is 0.349 e. The maximum absolute atomic E-state index is 12.4. The highest BCUT2D eigenvalue weighted by Gasteiger charge is 2.27. The number of thioether (sulfide) groups is 1. The average Bonchev–Trinajstić information content (AvgIpc) is 3.08. The van der Waals surface area contributed by atoms with Crippen molar-refractivity contribution in [3.8, 4) is 0 Å². The predicted octanol–water partition coefficient (Wildman–Crippen LogP) is 3.84. The lowest BCUT2D eigenvalue weighted by Crippen LogP contribution is -2.39. The highest BCUT2D eigenvalue weighted by Crippen LogP contribution is 2.26. The second kappa shape index (κ2) is 8.36. The Bertz CT molecular complexity index is 657. The zero-order chi connectivity index (χ0) is 16.8. The zero-order valence-electron chi connectivity index (χ0n) is 13.8. The fourth-order valence-corrected chi connectivity index (χ4v) is 4.06. The lowest BCUT2D eigenvalue weighted by atomic mass is 10.0. The van der Waals surface area contributed by atoms with Crippen LogP contribution in [0.1, 0.15) is 35.2 Å². The van der Waals surface area contributed by atoms with E-state index < -0.39 is 0 Å². The second-order valence-corrected chi connectivity index (χ2v) is 7.35. The van der Waals surface area contributed by atoms with Gasteiger partial charge in [-0.1, -0.05) is 36.8 Å². The van der Waals surface area contributed by atoms with Gasteiger partial charge in [0.15, 0.2) is 0 Å². The van der Waals surface area contributed by atoms with E-state index in [0.29, 0.717) is 12.5 Å². The number of hydrogen-bond donors (Lipinski definition) is 2. The van der Waals surface area contributed by atoms with Crippen LogP contribution in [0.2, 0.25) is 0 Å². The lowest BCUT2D eigenvalue weighted by Gasteiger charge is -2.19. The Morgan fingerprint density at radius 3 is 2.54 bits per heavy atom. The summed E-state index contributed by atoms with van der Waals surface area (Å²) in [4.78, 5) is 13.6. The second-order valence-electron chi connectivity index (χ2n) is 6.31. The molecule has 0 aromatic heterocycles. The number of amides is 1. The average molecular weight is 340 g/mol. The van der Waals surface area contributed by atoms with Crippen molar-refractivity contribution in [2.75, 3.05) is 6.54 Å². The molecule has 0 radical (unpaired) electrons. The van der Waals surface area contributed by atoms with Crippen LogP contribution in [-0.4, -0.2) is 18.5 Å². The number of carbonyl (C=O) groups is 1. The van der Waals surface area contributed by atoms with Gasteiger partial charge in [0.1, 0.15) is 0 Å². The highest BCUT2D eigenvalue weighted by molar-refractivity contribution is 7.98. The monoisotopic (exact) mass is 340 g/mol. The molecule has 2 unspecified atom stereocenters. The molecule has 126 valence electrons. The number of nitrogens with one attached hydrogen (secondary N) is 1. The van der Waals surface area contributed by atoms with Gasteiger partial charge < -0.3 is 11.1 Å². The van der Waals surface area contributed by atoms with E-state index in [4.69, 9.17) is 5.73 Å². The molecule has 0 bridgehead atoms. The van der Waals surface area contributed by atoms with Crippen molar-refractivity contribution in [2.45, 2.75) is 36.0 Å². The molecule has 1 amide bonds. The fourth-order valence-electron chi connectivity index (χ4n) is 3.20. The minimum Gasteiger partial charge on any atom is -0.349 e. The molecule has 0 saturated heterocycles. The Morgan fingerprint density at radius 1 is 1.08 bits per heavy atom. The Balaban J connectivity index is 1.54. The minimum absolute atomic E-state index is 0.0139. The van der Waals surface area contributed by atoms with Crippen LogP contribution < -0.4 is 11.1 Å². The number of nitrogens with two attached hydrogens (primary N) is 1. The number of carbonyl (C=O) groups excluding carboxylic acids is 1. The molecule has 1 saturated carbocycles. The van der Waals surface area contributed by atoms with Gasteiger partial charge in [-0.05, 0) is 55.1 Å². The van der Waals surface area contributed by atoms with Crippen molar-refractivity contribution >= 4 is 17.7 Å². The third-order valence-electron chi connectivity index (χ3n) is 4.64. The molecule has 4 heteroatoms. The van der Waals surface area contributed by atoms with Crippen molar-refractivity contribution in [1.29, 1.82) is 0 Å². The lowest BCUT2D eigenvalue weighted by molar-refractivity contribution is 0.0928. The normalized spacial score (nSPS) is 20.0. The Kier molecular flexibility index (Phi) is 5.94. The van der Waals surface area contributed by atoms with Crippen LogP contribution in [0.4, 0.5) is 0 Å².